The first-order chi connectivity index (χ1) is 21.2. The summed E-state index contributed by atoms with van der Waals surface area (Å²) in [7, 11) is -5.44. The van der Waals surface area contributed by atoms with Gasteiger partial charge in [-0.2, -0.15) is 0 Å². The number of amides is 4. The molecule has 16 nitrogen and oxygen atoms in total. The normalized spacial score (nSPS) is 16.9. The summed E-state index contributed by atoms with van der Waals surface area (Å²) < 4.78 is 16.9. The van der Waals surface area contributed by atoms with Crippen molar-refractivity contribution in [3.8, 4) is 0 Å². The molecule has 45 heavy (non-hydrogen) atoms. The highest BCUT2D eigenvalue weighted by Gasteiger charge is 2.45. The molecule has 4 rings (SSSR count). The fourth-order valence-electron chi connectivity index (χ4n) is 4.96. The number of Topliss-reactive ketones (excluding diaryl/α,β-unsaturated/α-hetero) is 1. The molecule has 2 aromatic carbocycles. The van der Waals surface area contributed by atoms with Gasteiger partial charge in [0.05, 0.1) is 17.5 Å². The van der Waals surface area contributed by atoms with Crippen molar-refractivity contribution in [3.63, 3.8) is 0 Å². The molecule has 3 aromatic rings. The van der Waals surface area contributed by atoms with E-state index in [0.29, 0.717) is 18.4 Å². The molecule has 0 saturated carbocycles. The Kier molecular flexibility index (Phi) is 10.2. The molecule has 238 valence electrons. The number of nitrogens with one attached hydrogen (secondary N) is 3. The lowest BCUT2D eigenvalue weighted by Gasteiger charge is -2.32. The first kappa shape index (κ1) is 33.1. The van der Waals surface area contributed by atoms with Crippen LogP contribution < -0.4 is 21.9 Å². The number of aromatic nitrogens is 2. The molecule has 4 atom stereocenters. The monoisotopic (exact) mass is 642 g/mol. The van der Waals surface area contributed by atoms with Crippen LogP contribution in [-0.2, 0) is 23.5 Å². The number of aromatic amines is 1. The van der Waals surface area contributed by atoms with Gasteiger partial charge in [-0.05, 0) is 31.9 Å². The number of ketones is 1. The molecule has 1 aliphatic heterocycles. The number of fused-ring (bicyclic) bond motifs is 1. The Morgan fingerprint density at radius 3 is 2.38 bits per heavy atom. The van der Waals surface area contributed by atoms with Gasteiger partial charge >= 0.3 is 7.82 Å². The standard InChI is InChI=1S/C28H31N6O10P/c1-15-8-7-13-34(15)28(40)24(44-45(41,42)43)21(23(36)16-9-3-2-4-10-16)33-25(37)19(14-20(29)35)32-27(39)22-26(38)31-18-12-6-5-11-17(18)30-22/h2-6,9-12,15,19,21,24H,7-8,13-14H2,1H3,(H2,29,35)(H,31,38)(H,32,39)(H,33,37)(H2,41,42,43). The third kappa shape index (κ3) is 8.25. The van der Waals surface area contributed by atoms with E-state index >= 15 is 0 Å². The highest BCUT2D eigenvalue weighted by Crippen LogP contribution is 2.39. The highest BCUT2D eigenvalue weighted by molar-refractivity contribution is 7.46. The van der Waals surface area contributed by atoms with Crippen LogP contribution in [0.2, 0.25) is 0 Å². The van der Waals surface area contributed by atoms with Crippen LogP contribution in [0.4, 0.5) is 0 Å². The van der Waals surface area contributed by atoms with Gasteiger partial charge in [0.1, 0.15) is 12.1 Å². The fraction of sp³-hybridized carbons (Fsp3) is 0.321. The van der Waals surface area contributed by atoms with E-state index < -0.39 is 73.1 Å². The number of nitrogens with zero attached hydrogens (tertiary/aromatic N) is 2. The van der Waals surface area contributed by atoms with Crippen LogP contribution in [0.3, 0.4) is 0 Å². The molecule has 0 spiro atoms. The van der Waals surface area contributed by atoms with Crippen molar-refractivity contribution in [1.82, 2.24) is 25.5 Å². The number of H-pyrrole nitrogens is 1. The van der Waals surface area contributed by atoms with Crippen LogP contribution in [0.25, 0.3) is 11.0 Å². The van der Waals surface area contributed by atoms with Crippen LogP contribution in [0.5, 0.6) is 0 Å². The van der Waals surface area contributed by atoms with Crippen LogP contribution >= 0.6 is 7.82 Å². The first-order valence-corrected chi connectivity index (χ1v) is 15.3. The molecule has 1 aromatic heterocycles. The number of nitrogens with two attached hydrogens (primary N) is 1. The Balaban J connectivity index is 1.70. The summed E-state index contributed by atoms with van der Waals surface area (Å²) in [4.78, 5) is 106. The van der Waals surface area contributed by atoms with Gasteiger partial charge in [0, 0.05) is 18.2 Å². The van der Waals surface area contributed by atoms with E-state index in [1.807, 2.05) is 0 Å². The predicted octanol–water partition coefficient (Wildman–Crippen LogP) is -0.247. The number of likely N-dealkylation sites (tertiary alicyclic amines) is 1. The van der Waals surface area contributed by atoms with Crippen molar-refractivity contribution in [2.45, 2.75) is 50.4 Å². The van der Waals surface area contributed by atoms with E-state index in [4.69, 9.17) is 10.3 Å². The minimum absolute atomic E-state index is 0.0493. The summed E-state index contributed by atoms with van der Waals surface area (Å²) in [5.74, 6) is -5.40. The molecule has 4 amide bonds. The number of primary amides is 1. The quantitative estimate of drug-likeness (QED) is 0.111. The third-order valence-electron chi connectivity index (χ3n) is 7.11. The van der Waals surface area contributed by atoms with Gasteiger partial charge in [-0.3, -0.25) is 33.3 Å². The number of carbonyl (C=O) groups is 5. The zero-order chi connectivity index (χ0) is 32.9. The lowest BCUT2D eigenvalue weighted by atomic mass is 9.97. The molecular weight excluding hydrogens is 611 g/mol. The molecule has 7 N–H and O–H groups in total. The van der Waals surface area contributed by atoms with Crippen LogP contribution in [0.15, 0.2) is 59.4 Å². The number of carbonyl (C=O) groups excluding carboxylic acids is 5. The van der Waals surface area contributed by atoms with Gasteiger partial charge < -0.3 is 36.0 Å². The fourth-order valence-corrected chi connectivity index (χ4v) is 5.46. The minimum Gasteiger partial charge on any atom is -0.370 e. The Hall–Kier alpha value is -4.76. The van der Waals surface area contributed by atoms with Crippen molar-refractivity contribution in [2.75, 3.05) is 6.54 Å². The first-order valence-electron chi connectivity index (χ1n) is 13.8. The maximum Gasteiger partial charge on any atom is 0.470 e. The largest absolute Gasteiger partial charge is 0.470 e. The zero-order valence-corrected chi connectivity index (χ0v) is 24.8. The number of rotatable bonds is 12. The van der Waals surface area contributed by atoms with Crippen molar-refractivity contribution in [2.24, 2.45) is 5.73 Å². The summed E-state index contributed by atoms with van der Waals surface area (Å²) in [5, 5.41) is 4.43. The van der Waals surface area contributed by atoms with Crippen LogP contribution in [0.1, 0.15) is 47.0 Å². The van der Waals surface area contributed by atoms with Crippen molar-refractivity contribution in [3.05, 3.63) is 76.2 Å². The lowest BCUT2D eigenvalue weighted by molar-refractivity contribution is -0.141. The number of hydrogen-bond acceptors (Lipinski definition) is 9. The van der Waals surface area contributed by atoms with Crippen molar-refractivity contribution < 1.29 is 42.8 Å². The van der Waals surface area contributed by atoms with Crippen LogP contribution in [0, 0.1) is 0 Å². The van der Waals surface area contributed by atoms with Gasteiger partial charge in [0.15, 0.2) is 17.6 Å². The second-order valence-corrected chi connectivity index (χ2v) is 11.6. The molecule has 0 aliphatic carbocycles. The zero-order valence-electron chi connectivity index (χ0n) is 23.9. The van der Waals surface area contributed by atoms with Crippen molar-refractivity contribution >= 4 is 48.3 Å². The van der Waals surface area contributed by atoms with Crippen molar-refractivity contribution in [1.29, 1.82) is 0 Å². The number of phosphoric acid groups is 1. The number of para-hydroxylation sites is 2. The lowest BCUT2D eigenvalue weighted by Crippen LogP contribution is -2.60. The second kappa shape index (κ2) is 13.9. The van der Waals surface area contributed by atoms with E-state index in [9.17, 15) is 43.1 Å². The Morgan fingerprint density at radius 2 is 1.76 bits per heavy atom. The minimum atomic E-state index is -5.44. The topological polar surface area (TPSA) is 251 Å². The molecule has 2 heterocycles. The SMILES string of the molecule is CC1CCCN1C(=O)C(OP(=O)(O)O)C(NC(=O)C(CC(N)=O)NC(=O)c1nc2ccccc2[nH]c1=O)C(=O)c1ccccc1. The van der Waals surface area contributed by atoms with Gasteiger partial charge in [-0.1, -0.05) is 42.5 Å². The summed E-state index contributed by atoms with van der Waals surface area (Å²) in [6.45, 7) is 1.90. The summed E-state index contributed by atoms with van der Waals surface area (Å²) in [6, 6.07) is 9.37. The van der Waals surface area contributed by atoms with Gasteiger partial charge in [-0.15, -0.1) is 0 Å². The number of phosphoric ester groups is 1. The van der Waals surface area contributed by atoms with E-state index in [1.165, 1.54) is 35.2 Å². The average molecular weight is 643 g/mol. The van der Waals surface area contributed by atoms with Gasteiger partial charge in [0.25, 0.3) is 17.4 Å². The highest BCUT2D eigenvalue weighted by atomic mass is 31.2. The molecule has 4 unspecified atom stereocenters. The molecule has 0 radical (unpaired) electrons. The number of benzene rings is 2. The van der Waals surface area contributed by atoms with Crippen LogP contribution in [-0.4, -0.2) is 84.8 Å². The van der Waals surface area contributed by atoms with E-state index in [-0.39, 0.29) is 23.7 Å². The maximum absolute atomic E-state index is 13.7. The molecular formula is C28H31N6O10P. The van der Waals surface area contributed by atoms with E-state index in [0.717, 1.165) is 0 Å². The average Bonchev–Trinajstić information content (AvgIpc) is 3.42. The third-order valence-corrected chi connectivity index (χ3v) is 7.62. The Bertz CT molecular complexity index is 1730. The van der Waals surface area contributed by atoms with E-state index in [2.05, 4.69) is 20.6 Å². The summed E-state index contributed by atoms with van der Waals surface area (Å²) in [6.07, 6.45) is -1.88. The predicted molar refractivity (Wildman–Crippen MR) is 157 cm³/mol. The molecule has 1 aliphatic rings. The van der Waals surface area contributed by atoms with Gasteiger partial charge in [0.2, 0.25) is 11.8 Å². The summed E-state index contributed by atoms with van der Waals surface area (Å²) in [5.41, 5.74) is 4.30. The van der Waals surface area contributed by atoms with E-state index in [1.54, 1.807) is 31.2 Å². The Labute approximate surface area is 255 Å². The number of hydrogen-bond donors (Lipinski definition) is 6. The maximum atomic E-state index is 13.7. The second-order valence-electron chi connectivity index (χ2n) is 10.4. The molecule has 1 saturated heterocycles. The molecule has 1 fully saturated rings. The Morgan fingerprint density at radius 1 is 1.09 bits per heavy atom. The molecule has 0 bridgehead atoms. The summed E-state index contributed by atoms with van der Waals surface area (Å²) >= 11 is 0. The smallest absolute Gasteiger partial charge is 0.370 e. The molecule has 17 heteroatoms. The van der Waals surface area contributed by atoms with Gasteiger partial charge in [-0.25, -0.2) is 9.55 Å².